The van der Waals surface area contributed by atoms with Gasteiger partial charge >= 0.3 is 12.6 Å². The van der Waals surface area contributed by atoms with Crippen molar-refractivity contribution in [2.24, 2.45) is 0 Å². The molecule has 2 amide bonds. The summed E-state index contributed by atoms with van der Waals surface area (Å²) in [5.41, 5.74) is 1.23. The van der Waals surface area contributed by atoms with Gasteiger partial charge in [0.05, 0.1) is 6.42 Å². The van der Waals surface area contributed by atoms with Gasteiger partial charge in [-0.1, -0.05) is 23.7 Å². The van der Waals surface area contributed by atoms with E-state index in [1.165, 1.54) is 12.1 Å². The zero-order chi connectivity index (χ0) is 22.6. The SMILES string of the molecule is O=C(COC(=O)CCNC(=O)c1ccc(Cl)cc1)NCCc1ccc(OC(F)F)cc1. The Morgan fingerprint density at radius 3 is 2.26 bits per heavy atom. The predicted octanol–water partition coefficient (Wildman–Crippen LogP) is 2.96. The average Bonchev–Trinajstić information content (AvgIpc) is 2.73. The highest BCUT2D eigenvalue weighted by Gasteiger charge is 2.10. The van der Waals surface area contributed by atoms with E-state index in [9.17, 15) is 23.2 Å². The third-order valence-electron chi connectivity index (χ3n) is 3.97. The minimum atomic E-state index is -2.88. The number of carbonyl (C=O) groups excluding carboxylic acids is 3. The van der Waals surface area contributed by atoms with E-state index in [4.69, 9.17) is 16.3 Å². The number of rotatable bonds is 11. The summed E-state index contributed by atoms with van der Waals surface area (Å²) in [6.07, 6.45) is 0.380. The Morgan fingerprint density at radius 1 is 0.935 bits per heavy atom. The summed E-state index contributed by atoms with van der Waals surface area (Å²) < 4.78 is 33.3. The highest BCUT2D eigenvalue weighted by Crippen LogP contribution is 2.15. The summed E-state index contributed by atoms with van der Waals surface area (Å²) in [6.45, 7) is -2.98. The molecule has 0 heterocycles. The van der Waals surface area contributed by atoms with E-state index in [0.29, 0.717) is 17.0 Å². The molecule has 10 heteroatoms. The van der Waals surface area contributed by atoms with Crippen LogP contribution >= 0.6 is 11.6 Å². The number of benzene rings is 2. The van der Waals surface area contributed by atoms with E-state index in [0.717, 1.165) is 5.56 Å². The van der Waals surface area contributed by atoms with Crippen molar-refractivity contribution in [2.45, 2.75) is 19.5 Å². The van der Waals surface area contributed by atoms with Crippen molar-refractivity contribution in [3.8, 4) is 5.75 Å². The number of nitrogens with one attached hydrogen (secondary N) is 2. The van der Waals surface area contributed by atoms with Crippen molar-refractivity contribution >= 4 is 29.4 Å². The lowest BCUT2D eigenvalue weighted by molar-refractivity contribution is -0.148. The molecule has 0 bridgehead atoms. The molecule has 0 atom stereocenters. The van der Waals surface area contributed by atoms with Crippen LogP contribution in [0.4, 0.5) is 8.78 Å². The minimum Gasteiger partial charge on any atom is -0.456 e. The first kappa shape index (κ1) is 24.1. The minimum absolute atomic E-state index is 0.0547. The summed E-state index contributed by atoms with van der Waals surface area (Å²) in [4.78, 5) is 35.3. The van der Waals surface area contributed by atoms with Gasteiger partial charge in [0, 0.05) is 23.7 Å². The molecule has 2 aromatic carbocycles. The maximum Gasteiger partial charge on any atom is 0.387 e. The van der Waals surface area contributed by atoms with E-state index < -0.39 is 25.1 Å². The maximum atomic E-state index is 12.1. The van der Waals surface area contributed by atoms with Crippen molar-refractivity contribution in [3.05, 3.63) is 64.7 Å². The van der Waals surface area contributed by atoms with Crippen molar-refractivity contribution in [1.29, 1.82) is 0 Å². The first-order valence-corrected chi connectivity index (χ1v) is 9.71. The predicted molar refractivity (Wildman–Crippen MR) is 109 cm³/mol. The summed E-state index contributed by atoms with van der Waals surface area (Å²) in [5, 5.41) is 5.67. The van der Waals surface area contributed by atoms with Crippen LogP contribution in [0.3, 0.4) is 0 Å². The third kappa shape index (κ3) is 9.43. The molecule has 0 aliphatic rings. The number of amides is 2. The molecule has 0 unspecified atom stereocenters. The van der Waals surface area contributed by atoms with Crippen LogP contribution in [0.1, 0.15) is 22.3 Å². The molecule has 2 aromatic rings. The second-order valence-corrected chi connectivity index (χ2v) is 6.73. The highest BCUT2D eigenvalue weighted by atomic mass is 35.5. The molecule has 0 fully saturated rings. The molecular weight excluding hydrogens is 434 g/mol. The van der Waals surface area contributed by atoms with Crippen molar-refractivity contribution < 1.29 is 32.6 Å². The van der Waals surface area contributed by atoms with Gasteiger partial charge < -0.3 is 20.1 Å². The number of hydrogen-bond acceptors (Lipinski definition) is 5. The molecule has 0 spiro atoms. The largest absolute Gasteiger partial charge is 0.456 e. The number of carbonyl (C=O) groups is 3. The number of esters is 1. The van der Waals surface area contributed by atoms with Gasteiger partial charge in [0.25, 0.3) is 11.8 Å². The summed E-state index contributed by atoms with van der Waals surface area (Å²) in [5.74, 6) is -1.40. The van der Waals surface area contributed by atoms with Gasteiger partial charge in [-0.3, -0.25) is 14.4 Å². The molecule has 0 radical (unpaired) electrons. The molecule has 2 N–H and O–H groups in total. The van der Waals surface area contributed by atoms with E-state index in [-0.39, 0.29) is 31.2 Å². The quantitative estimate of drug-likeness (QED) is 0.509. The van der Waals surface area contributed by atoms with Gasteiger partial charge in [-0.2, -0.15) is 8.78 Å². The van der Waals surface area contributed by atoms with Gasteiger partial charge in [-0.15, -0.1) is 0 Å². The lowest BCUT2D eigenvalue weighted by Gasteiger charge is -2.08. The van der Waals surface area contributed by atoms with Gasteiger partial charge in [-0.05, 0) is 48.4 Å². The Morgan fingerprint density at radius 2 is 1.61 bits per heavy atom. The fourth-order valence-electron chi connectivity index (χ4n) is 2.43. The molecule has 0 saturated carbocycles. The van der Waals surface area contributed by atoms with E-state index in [2.05, 4.69) is 15.4 Å². The lowest BCUT2D eigenvalue weighted by Crippen LogP contribution is -2.31. The van der Waals surface area contributed by atoms with Crippen molar-refractivity contribution in [2.75, 3.05) is 19.7 Å². The number of ether oxygens (including phenoxy) is 2. The molecule has 31 heavy (non-hydrogen) atoms. The Labute approximate surface area is 182 Å². The fourth-order valence-corrected chi connectivity index (χ4v) is 2.56. The normalized spacial score (nSPS) is 10.5. The summed E-state index contributed by atoms with van der Waals surface area (Å²) >= 11 is 5.75. The molecule has 0 saturated heterocycles. The van der Waals surface area contributed by atoms with Crippen molar-refractivity contribution in [3.63, 3.8) is 0 Å². The molecule has 7 nitrogen and oxygen atoms in total. The van der Waals surface area contributed by atoms with E-state index in [1.807, 2.05) is 0 Å². The van der Waals surface area contributed by atoms with Crippen LogP contribution in [0.25, 0.3) is 0 Å². The second kappa shape index (κ2) is 12.5. The second-order valence-electron chi connectivity index (χ2n) is 6.30. The van der Waals surface area contributed by atoms with Crippen LogP contribution in [0, 0.1) is 0 Å². The third-order valence-corrected chi connectivity index (χ3v) is 4.22. The Bertz CT molecular complexity index is 876. The van der Waals surface area contributed by atoms with Crippen LogP contribution < -0.4 is 15.4 Å². The first-order valence-electron chi connectivity index (χ1n) is 9.33. The summed E-state index contributed by atoms with van der Waals surface area (Å²) in [6, 6.07) is 12.3. The summed E-state index contributed by atoms with van der Waals surface area (Å²) in [7, 11) is 0. The molecule has 0 aliphatic carbocycles. The molecule has 0 aliphatic heterocycles. The van der Waals surface area contributed by atoms with Gasteiger partial charge in [-0.25, -0.2) is 0 Å². The molecule has 2 rings (SSSR count). The van der Waals surface area contributed by atoms with Gasteiger partial charge in [0.1, 0.15) is 5.75 Å². The Balaban J connectivity index is 1.57. The van der Waals surface area contributed by atoms with Crippen LogP contribution in [0.2, 0.25) is 5.02 Å². The average molecular weight is 455 g/mol. The maximum absolute atomic E-state index is 12.1. The monoisotopic (exact) mass is 454 g/mol. The standard InChI is InChI=1S/C21H21ClF2N2O5/c22-16-5-3-15(4-6-16)20(29)26-12-10-19(28)30-13-18(27)25-11-9-14-1-7-17(8-2-14)31-21(23)24/h1-8,21H,9-13H2,(H,25,27)(H,26,29). The topological polar surface area (TPSA) is 93.7 Å². The van der Waals surface area contributed by atoms with Gasteiger partial charge in [0.15, 0.2) is 6.61 Å². The zero-order valence-electron chi connectivity index (χ0n) is 16.4. The van der Waals surface area contributed by atoms with Crippen LogP contribution in [0.5, 0.6) is 5.75 Å². The molecule has 0 aromatic heterocycles. The van der Waals surface area contributed by atoms with E-state index in [1.54, 1.807) is 36.4 Å². The smallest absolute Gasteiger partial charge is 0.387 e. The number of halogens is 3. The number of hydrogen-bond donors (Lipinski definition) is 2. The molecule has 166 valence electrons. The van der Waals surface area contributed by atoms with Crippen LogP contribution in [-0.2, 0) is 20.7 Å². The van der Waals surface area contributed by atoms with Crippen LogP contribution in [0.15, 0.2) is 48.5 Å². The lowest BCUT2D eigenvalue weighted by atomic mass is 10.1. The zero-order valence-corrected chi connectivity index (χ0v) is 17.2. The Kier molecular flexibility index (Phi) is 9.70. The van der Waals surface area contributed by atoms with E-state index >= 15 is 0 Å². The molecular formula is C21H21ClF2N2O5. The fraction of sp³-hybridized carbons (Fsp3) is 0.286. The first-order chi connectivity index (χ1) is 14.8. The number of alkyl halides is 2. The van der Waals surface area contributed by atoms with Gasteiger partial charge in [0.2, 0.25) is 0 Å². The van der Waals surface area contributed by atoms with Crippen molar-refractivity contribution in [1.82, 2.24) is 10.6 Å². The Hall–Kier alpha value is -3.20. The highest BCUT2D eigenvalue weighted by molar-refractivity contribution is 6.30. The van der Waals surface area contributed by atoms with Crippen LogP contribution in [-0.4, -0.2) is 44.1 Å².